The van der Waals surface area contributed by atoms with E-state index in [-0.39, 0.29) is 6.84 Å². The Balaban J connectivity index is 0.00000168. The number of para-hydroxylation sites is 2. The van der Waals surface area contributed by atoms with Gasteiger partial charge in [-0.05, 0) is 28.7 Å². The Kier molecular flexibility index (Phi) is 2.80. The number of nitrogens with zero attached hydrogens (tertiary/aromatic N) is 1. The van der Waals surface area contributed by atoms with Crippen molar-refractivity contribution in [2.45, 2.75) is 19.3 Å². The molecule has 3 nitrogen and oxygen atoms in total. The van der Waals surface area contributed by atoms with Gasteiger partial charge in [0.1, 0.15) is 0 Å². The predicted octanol–water partition coefficient (Wildman–Crippen LogP) is 3.35. The van der Waals surface area contributed by atoms with Crippen molar-refractivity contribution in [1.82, 2.24) is 4.57 Å². The summed E-state index contributed by atoms with van der Waals surface area (Å²) in [5, 5.41) is 21.4. The van der Waals surface area contributed by atoms with Crippen molar-refractivity contribution in [2.24, 2.45) is 0 Å². The Morgan fingerprint density at radius 1 is 0.880 bits per heavy atom. The summed E-state index contributed by atoms with van der Waals surface area (Å²) in [6.07, 6.45) is 0. The summed E-state index contributed by atoms with van der Waals surface area (Å²) in [6, 6.07) is 20.6. The van der Waals surface area contributed by atoms with Crippen molar-refractivity contribution >= 4 is 34.4 Å². The van der Waals surface area contributed by atoms with Gasteiger partial charge in [0.25, 0.3) is 0 Å². The molecule has 0 spiro atoms. The summed E-state index contributed by atoms with van der Waals surface area (Å²) < 4.78 is 2.31. The topological polar surface area (TPSA) is 45.4 Å². The van der Waals surface area contributed by atoms with Crippen LogP contribution < -0.4 is 5.46 Å². The molecule has 1 aliphatic heterocycles. The van der Waals surface area contributed by atoms with Gasteiger partial charge in [0.2, 0.25) is 0 Å². The molecule has 3 aromatic carbocycles. The fourth-order valence-electron chi connectivity index (χ4n) is 4.34. The van der Waals surface area contributed by atoms with Crippen LogP contribution >= 0.6 is 0 Å². The van der Waals surface area contributed by atoms with Crippen molar-refractivity contribution in [3.05, 3.63) is 71.8 Å². The van der Waals surface area contributed by atoms with Gasteiger partial charge in [-0.2, -0.15) is 0 Å². The zero-order valence-electron chi connectivity index (χ0n) is 14.2. The monoisotopic (exact) mass is 330 g/mol. The molecule has 2 heterocycles. The molecular weight excluding hydrogens is 309 g/mol. The SMILES string of the molecule is CC1(C)c2ccccc2-n2c3ccc(B(O)O)cc3c3cccc1c32.[2HH]. The van der Waals surface area contributed by atoms with E-state index in [0.717, 1.165) is 16.3 Å². The van der Waals surface area contributed by atoms with Crippen LogP contribution in [0, 0.1) is 0 Å². The van der Waals surface area contributed by atoms with Crippen molar-refractivity contribution in [3.63, 3.8) is 0 Å². The molecule has 1 aromatic heterocycles. The second kappa shape index (κ2) is 4.75. The first kappa shape index (κ1) is 14.8. The van der Waals surface area contributed by atoms with Crippen LogP contribution in [0.3, 0.4) is 0 Å². The molecule has 25 heavy (non-hydrogen) atoms. The standard InChI is InChI=1S/C21H18BNO2.H2/c1-21(2)16-7-3-4-9-19(16)23-18-11-10-13(22(24)25)12-15(18)14-6-5-8-17(21)20(14)23;/h3-12,24-25H,1-2H3;1H/i;1+1. The molecule has 0 bridgehead atoms. The molecule has 1 aliphatic rings. The van der Waals surface area contributed by atoms with E-state index in [9.17, 15) is 10.0 Å². The summed E-state index contributed by atoms with van der Waals surface area (Å²) in [6.45, 7) is 4.54. The minimum absolute atomic E-state index is 0. The quantitative estimate of drug-likeness (QED) is 0.526. The summed E-state index contributed by atoms with van der Waals surface area (Å²) in [4.78, 5) is 0. The third-order valence-corrected chi connectivity index (χ3v) is 5.60. The van der Waals surface area contributed by atoms with E-state index in [1.807, 2.05) is 12.1 Å². The van der Waals surface area contributed by atoms with E-state index < -0.39 is 7.12 Å². The molecule has 2 N–H and O–H groups in total. The van der Waals surface area contributed by atoms with E-state index in [1.54, 1.807) is 6.07 Å². The molecule has 124 valence electrons. The van der Waals surface area contributed by atoms with Crippen LogP contribution in [0.5, 0.6) is 0 Å². The average Bonchev–Trinajstić information content (AvgIpc) is 2.94. The lowest BCUT2D eigenvalue weighted by Gasteiger charge is -2.34. The Morgan fingerprint density at radius 2 is 1.64 bits per heavy atom. The molecule has 4 heteroatoms. The number of fused-ring (bicyclic) bond motifs is 5. The summed E-state index contributed by atoms with van der Waals surface area (Å²) in [5.41, 5.74) is 6.54. The third-order valence-electron chi connectivity index (χ3n) is 5.60. The van der Waals surface area contributed by atoms with E-state index >= 15 is 0 Å². The molecule has 4 aromatic rings. The lowest BCUT2D eigenvalue weighted by atomic mass is 9.75. The van der Waals surface area contributed by atoms with Gasteiger partial charge in [-0.25, -0.2) is 0 Å². The van der Waals surface area contributed by atoms with Gasteiger partial charge in [-0.15, -0.1) is 0 Å². The van der Waals surface area contributed by atoms with Crippen LogP contribution in [0.2, 0.25) is 0 Å². The first-order chi connectivity index (χ1) is 12.0. The van der Waals surface area contributed by atoms with Gasteiger partial charge in [0, 0.05) is 17.6 Å². The number of aromatic nitrogens is 1. The van der Waals surface area contributed by atoms with Crippen LogP contribution in [-0.2, 0) is 5.41 Å². The number of hydrogen-bond acceptors (Lipinski definition) is 2. The highest BCUT2D eigenvalue weighted by atomic mass is 16.4. The minimum atomic E-state index is -1.46. The maximum atomic E-state index is 9.58. The van der Waals surface area contributed by atoms with E-state index in [2.05, 4.69) is 60.9 Å². The molecule has 0 fully saturated rings. The Hall–Kier alpha value is -2.56. The first-order valence-electron chi connectivity index (χ1n) is 8.54. The van der Waals surface area contributed by atoms with Crippen molar-refractivity contribution in [3.8, 4) is 5.69 Å². The Morgan fingerprint density at radius 3 is 2.44 bits per heavy atom. The lowest BCUT2D eigenvalue weighted by molar-refractivity contribution is 0.426. The second-order valence-electron chi connectivity index (χ2n) is 7.33. The zero-order valence-corrected chi connectivity index (χ0v) is 14.2. The summed E-state index contributed by atoms with van der Waals surface area (Å²) in [7, 11) is -1.46. The fraction of sp³-hybridized carbons (Fsp3) is 0.143. The maximum absolute atomic E-state index is 9.58. The minimum Gasteiger partial charge on any atom is -0.423 e. The summed E-state index contributed by atoms with van der Waals surface area (Å²) >= 11 is 0. The smallest absolute Gasteiger partial charge is 0.423 e. The Bertz CT molecular complexity index is 1160. The van der Waals surface area contributed by atoms with Gasteiger partial charge >= 0.3 is 7.12 Å². The van der Waals surface area contributed by atoms with Gasteiger partial charge < -0.3 is 14.6 Å². The fourth-order valence-corrected chi connectivity index (χ4v) is 4.34. The average molecular weight is 330 g/mol. The van der Waals surface area contributed by atoms with Crippen LogP contribution in [0.4, 0.5) is 0 Å². The van der Waals surface area contributed by atoms with Crippen molar-refractivity contribution in [1.29, 1.82) is 0 Å². The van der Waals surface area contributed by atoms with Gasteiger partial charge in [0.05, 0.1) is 16.7 Å². The molecule has 5 rings (SSSR count). The molecule has 0 unspecified atom stereocenters. The second-order valence-corrected chi connectivity index (χ2v) is 7.33. The van der Waals surface area contributed by atoms with Crippen molar-refractivity contribution in [2.75, 3.05) is 0 Å². The van der Waals surface area contributed by atoms with Gasteiger partial charge in [-0.1, -0.05) is 62.4 Å². The lowest BCUT2D eigenvalue weighted by Crippen LogP contribution is -2.29. The van der Waals surface area contributed by atoms with Crippen LogP contribution in [0.1, 0.15) is 26.4 Å². The molecule has 0 radical (unpaired) electrons. The number of benzene rings is 3. The van der Waals surface area contributed by atoms with Gasteiger partial charge in [0.15, 0.2) is 0 Å². The molecule has 0 atom stereocenters. The highest BCUT2D eigenvalue weighted by molar-refractivity contribution is 6.59. The normalized spacial score (nSPS) is 14.7. The third kappa shape index (κ3) is 1.78. The first-order valence-corrected chi connectivity index (χ1v) is 8.54. The Labute approximate surface area is 147 Å². The molecule has 0 saturated carbocycles. The van der Waals surface area contributed by atoms with Gasteiger partial charge in [-0.3, -0.25) is 0 Å². The van der Waals surface area contributed by atoms with Crippen LogP contribution in [0.15, 0.2) is 60.7 Å². The molecular formula is C21H20BNO2. The summed E-state index contributed by atoms with van der Waals surface area (Å²) in [5.74, 6) is 0. The van der Waals surface area contributed by atoms with E-state index in [0.29, 0.717) is 5.46 Å². The largest absolute Gasteiger partial charge is 0.488 e. The molecule has 0 aliphatic carbocycles. The molecule has 0 amide bonds. The number of rotatable bonds is 1. The van der Waals surface area contributed by atoms with Crippen molar-refractivity contribution < 1.29 is 11.5 Å². The van der Waals surface area contributed by atoms with Crippen LogP contribution in [0.25, 0.3) is 27.5 Å². The van der Waals surface area contributed by atoms with E-state index in [4.69, 9.17) is 0 Å². The zero-order chi connectivity index (χ0) is 17.3. The highest BCUT2D eigenvalue weighted by Gasteiger charge is 2.34. The number of hydrogen-bond donors (Lipinski definition) is 2. The maximum Gasteiger partial charge on any atom is 0.488 e. The molecule has 0 saturated heterocycles. The predicted molar refractivity (Wildman–Crippen MR) is 105 cm³/mol. The van der Waals surface area contributed by atoms with Crippen LogP contribution in [-0.4, -0.2) is 21.7 Å². The highest BCUT2D eigenvalue weighted by Crippen LogP contribution is 2.46. The van der Waals surface area contributed by atoms with E-state index in [1.165, 1.54) is 22.3 Å².